The number of ether oxygens (including phenoxy) is 3. The molecule has 4 aliphatic rings. The van der Waals surface area contributed by atoms with Crippen LogP contribution < -0.4 is 0 Å². The van der Waals surface area contributed by atoms with Gasteiger partial charge >= 0.3 is 0 Å². The number of carbonyl (C=O) groups is 1. The van der Waals surface area contributed by atoms with Crippen LogP contribution in [0.5, 0.6) is 0 Å². The molecule has 4 rings (SSSR count). The molecule has 19 heavy (non-hydrogen) atoms. The summed E-state index contributed by atoms with van der Waals surface area (Å²) in [5.41, 5.74) is 2.14. The van der Waals surface area contributed by atoms with Crippen molar-refractivity contribution in [3.63, 3.8) is 0 Å². The summed E-state index contributed by atoms with van der Waals surface area (Å²) in [6.45, 7) is 3.37. The first kappa shape index (κ1) is 12.1. The van der Waals surface area contributed by atoms with Gasteiger partial charge in [-0.25, -0.2) is 0 Å². The van der Waals surface area contributed by atoms with Gasteiger partial charge in [-0.05, 0) is 26.2 Å². The molecule has 1 saturated heterocycles. The molecule has 0 aromatic carbocycles. The number of fused-ring (bicyclic) bond motifs is 2. The van der Waals surface area contributed by atoms with Crippen molar-refractivity contribution in [3.8, 4) is 0 Å². The molecule has 2 atom stereocenters. The van der Waals surface area contributed by atoms with Crippen LogP contribution >= 0.6 is 0 Å². The van der Waals surface area contributed by atoms with Gasteiger partial charge in [-0.3, -0.25) is 4.79 Å². The normalized spacial score (nSPS) is 38.3. The van der Waals surface area contributed by atoms with Crippen LogP contribution in [0.15, 0.2) is 11.1 Å². The Balaban J connectivity index is 1.91. The first-order valence-corrected chi connectivity index (χ1v) is 7.21. The fourth-order valence-corrected chi connectivity index (χ4v) is 4.66. The van der Waals surface area contributed by atoms with Gasteiger partial charge < -0.3 is 14.2 Å². The van der Waals surface area contributed by atoms with Crippen molar-refractivity contribution in [2.45, 2.75) is 44.5 Å². The minimum atomic E-state index is -0.634. The van der Waals surface area contributed by atoms with Gasteiger partial charge in [-0.1, -0.05) is 5.57 Å². The standard InChI is InChI=1S/C15H20O4/c1-9-12-10(3-4-11(12)16)13(17-2)15(14(9)5-6-14)18-7-8-19-15/h10,13H,3-8H2,1-2H3/t10?,13-/m1/s1. The van der Waals surface area contributed by atoms with Crippen molar-refractivity contribution in [2.75, 3.05) is 20.3 Å². The molecule has 2 saturated carbocycles. The Morgan fingerprint density at radius 1 is 1.26 bits per heavy atom. The third-order valence-electron chi connectivity index (χ3n) is 5.60. The first-order valence-electron chi connectivity index (χ1n) is 7.21. The summed E-state index contributed by atoms with van der Waals surface area (Å²) in [6, 6.07) is 0. The van der Waals surface area contributed by atoms with Gasteiger partial charge in [-0.15, -0.1) is 0 Å². The van der Waals surface area contributed by atoms with E-state index in [2.05, 4.69) is 6.92 Å². The predicted molar refractivity (Wildman–Crippen MR) is 67.5 cm³/mol. The molecule has 1 unspecified atom stereocenters. The molecule has 0 amide bonds. The second-order valence-electron chi connectivity index (χ2n) is 6.21. The Kier molecular flexibility index (Phi) is 2.34. The van der Waals surface area contributed by atoms with E-state index in [0.29, 0.717) is 25.4 Å². The lowest BCUT2D eigenvalue weighted by molar-refractivity contribution is -0.273. The molecule has 0 aromatic heterocycles. The van der Waals surface area contributed by atoms with Gasteiger partial charge in [0.05, 0.1) is 13.2 Å². The SMILES string of the molecule is CO[C@@H]1C2CCC(=O)C2=C(C)C2(CC2)C12OCCO2. The summed E-state index contributed by atoms with van der Waals surface area (Å²) in [7, 11) is 1.72. The van der Waals surface area contributed by atoms with Gasteiger partial charge in [0.25, 0.3) is 0 Å². The van der Waals surface area contributed by atoms with Crippen LogP contribution in [0.1, 0.15) is 32.6 Å². The Morgan fingerprint density at radius 2 is 1.95 bits per heavy atom. The minimum Gasteiger partial charge on any atom is -0.375 e. The van der Waals surface area contributed by atoms with Crippen LogP contribution in [0.25, 0.3) is 0 Å². The highest BCUT2D eigenvalue weighted by atomic mass is 16.8. The van der Waals surface area contributed by atoms with E-state index in [1.54, 1.807) is 7.11 Å². The molecule has 2 spiro atoms. The van der Waals surface area contributed by atoms with E-state index in [0.717, 1.165) is 24.8 Å². The fraction of sp³-hybridized carbons (Fsp3) is 0.800. The molecule has 0 radical (unpaired) electrons. The topological polar surface area (TPSA) is 44.8 Å². The number of methoxy groups -OCH3 is 1. The summed E-state index contributed by atoms with van der Waals surface area (Å²) in [5.74, 6) is -0.171. The maximum absolute atomic E-state index is 12.2. The summed E-state index contributed by atoms with van der Waals surface area (Å²) in [6.07, 6.45) is 3.46. The maximum atomic E-state index is 12.2. The number of ketones is 1. The number of carbonyl (C=O) groups excluding carboxylic acids is 1. The molecule has 4 heteroatoms. The summed E-state index contributed by atoms with van der Waals surface area (Å²) in [5, 5.41) is 0. The van der Waals surface area contributed by atoms with E-state index in [1.807, 2.05) is 0 Å². The highest BCUT2D eigenvalue weighted by Crippen LogP contribution is 2.68. The van der Waals surface area contributed by atoms with Crippen molar-refractivity contribution < 1.29 is 19.0 Å². The zero-order valence-electron chi connectivity index (χ0n) is 11.5. The lowest BCUT2D eigenvalue weighted by atomic mass is 9.69. The van der Waals surface area contributed by atoms with E-state index >= 15 is 0 Å². The second kappa shape index (κ2) is 3.68. The highest BCUT2D eigenvalue weighted by molar-refractivity contribution is 5.99. The molecule has 0 bridgehead atoms. The van der Waals surface area contributed by atoms with Crippen molar-refractivity contribution in [3.05, 3.63) is 11.1 Å². The smallest absolute Gasteiger partial charge is 0.205 e. The summed E-state index contributed by atoms with van der Waals surface area (Å²) < 4.78 is 17.9. The zero-order chi connectivity index (χ0) is 13.3. The van der Waals surface area contributed by atoms with Crippen molar-refractivity contribution in [1.82, 2.24) is 0 Å². The van der Waals surface area contributed by atoms with Gasteiger partial charge in [0.1, 0.15) is 6.10 Å². The van der Waals surface area contributed by atoms with Crippen molar-refractivity contribution >= 4 is 5.78 Å². The van der Waals surface area contributed by atoms with Crippen LogP contribution in [-0.2, 0) is 19.0 Å². The third-order valence-corrected chi connectivity index (χ3v) is 5.60. The Hall–Kier alpha value is -0.710. The van der Waals surface area contributed by atoms with E-state index in [1.165, 1.54) is 5.57 Å². The summed E-state index contributed by atoms with van der Waals surface area (Å²) >= 11 is 0. The molecule has 0 N–H and O–H groups in total. The fourth-order valence-electron chi connectivity index (χ4n) is 4.66. The molecule has 1 aliphatic heterocycles. The number of hydrogen-bond acceptors (Lipinski definition) is 4. The van der Waals surface area contributed by atoms with Crippen LogP contribution in [0.2, 0.25) is 0 Å². The molecule has 0 aromatic rings. The summed E-state index contributed by atoms with van der Waals surface area (Å²) in [4.78, 5) is 12.2. The molecular weight excluding hydrogens is 244 g/mol. The third kappa shape index (κ3) is 1.23. The van der Waals surface area contributed by atoms with Crippen LogP contribution in [0.3, 0.4) is 0 Å². The molecule has 3 fully saturated rings. The van der Waals surface area contributed by atoms with Gasteiger partial charge in [0, 0.05) is 30.4 Å². The van der Waals surface area contributed by atoms with Crippen molar-refractivity contribution in [1.29, 1.82) is 0 Å². The highest BCUT2D eigenvalue weighted by Gasteiger charge is 2.72. The van der Waals surface area contributed by atoms with E-state index in [-0.39, 0.29) is 17.4 Å². The quantitative estimate of drug-likeness (QED) is 0.725. The molecule has 1 heterocycles. The molecule has 4 nitrogen and oxygen atoms in total. The minimum absolute atomic E-state index is 0.101. The van der Waals surface area contributed by atoms with E-state index < -0.39 is 5.79 Å². The van der Waals surface area contributed by atoms with Crippen LogP contribution in [0.4, 0.5) is 0 Å². The number of Topliss-reactive ketones (excluding diaryl/α,β-unsaturated/α-hetero) is 1. The molecule has 104 valence electrons. The largest absolute Gasteiger partial charge is 0.375 e. The maximum Gasteiger partial charge on any atom is 0.205 e. The van der Waals surface area contributed by atoms with E-state index in [4.69, 9.17) is 14.2 Å². The average Bonchev–Trinajstić information content (AvgIpc) is 2.92. The first-order chi connectivity index (χ1) is 9.16. The Morgan fingerprint density at radius 3 is 2.53 bits per heavy atom. The Bertz CT molecular complexity index is 469. The van der Waals surface area contributed by atoms with Gasteiger partial charge in [-0.2, -0.15) is 0 Å². The predicted octanol–water partition coefficient (Wildman–Crippen LogP) is 1.83. The second-order valence-corrected chi connectivity index (χ2v) is 6.21. The van der Waals surface area contributed by atoms with Crippen LogP contribution in [-0.4, -0.2) is 38.0 Å². The average molecular weight is 264 g/mol. The number of hydrogen-bond donors (Lipinski definition) is 0. The Labute approximate surface area is 113 Å². The lowest BCUT2D eigenvalue weighted by Crippen LogP contribution is -2.58. The zero-order valence-corrected chi connectivity index (χ0v) is 11.5. The van der Waals surface area contributed by atoms with Crippen molar-refractivity contribution in [2.24, 2.45) is 11.3 Å². The molecular formula is C15H20O4. The lowest BCUT2D eigenvalue weighted by Gasteiger charge is -2.48. The monoisotopic (exact) mass is 264 g/mol. The number of rotatable bonds is 1. The molecule has 3 aliphatic carbocycles. The van der Waals surface area contributed by atoms with Gasteiger partial charge in [0.2, 0.25) is 5.79 Å². The van der Waals surface area contributed by atoms with E-state index in [9.17, 15) is 4.79 Å². The van der Waals surface area contributed by atoms with Gasteiger partial charge in [0.15, 0.2) is 5.78 Å². The van der Waals surface area contributed by atoms with Crippen LogP contribution in [0, 0.1) is 11.3 Å².